The minimum absolute atomic E-state index is 0.213. The largest absolute Gasteiger partial charge is 0.347 e. The molecule has 2 saturated carbocycles. The van der Waals surface area contributed by atoms with Crippen molar-refractivity contribution in [2.75, 3.05) is 13.1 Å². The van der Waals surface area contributed by atoms with Gasteiger partial charge in [0.1, 0.15) is 4.21 Å². The fourth-order valence-corrected chi connectivity index (χ4v) is 8.65. The lowest BCUT2D eigenvalue weighted by atomic mass is 9.93. The Morgan fingerprint density at radius 3 is 2.45 bits per heavy atom. The highest BCUT2D eigenvalue weighted by atomic mass is 35.5. The van der Waals surface area contributed by atoms with Crippen LogP contribution in [0.4, 0.5) is 0 Å². The number of fused-ring (bicyclic) bond motifs is 2. The van der Waals surface area contributed by atoms with Crippen LogP contribution in [0, 0.1) is 11.8 Å². The lowest BCUT2D eigenvalue weighted by Crippen LogP contribution is -2.48. The SMILES string of the molecule is O=C(NCc1ccc(S(=O)(=O)N2CCC(N[C@@H]3C[C@@H]4CC[C@@H]3C4)CC2)s1)c1ccc(Cl)cc1. The lowest BCUT2D eigenvalue weighted by Gasteiger charge is -2.35. The Morgan fingerprint density at radius 1 is 1.03 bits per heavy atom. The van der Waals surface area contributed by atoms with Crippen LogP contribution in [-0.4, -0.2) is 43.8 Å². The number of nitrogens with one attached hydrogen (secondary N) is 2. The molecule has 1 amide bonds. The quantitative estimate of drug-likeness (QED) is 0.587. The summed E-state index contributed by atoms with van der Waals surface area (Å²) >= 11 is 7.09. The summed E-state index contributed by atoms with van der Waals surface area (Å²) in [6.07, 6.45) is 7.16. The summed E-state index contributed by atoms with van der Waals surface area (Å²) in [5.41, 5.74) is 0.519. The highest BCUT2D eigenvalue weighted by Gasteiger charge is 2.40. The van der Waals surface area contributed by atoms with Crippen molar-refractivity contribution in [2.45, 2.75) is 61.4 Å². The molecule has 5 rings (SSSR count). The van der Waals surface area contributed by atoms with Gasteiger partial charge in [-0.3, -0.25) is 4.79 Å². The Kier molecular flexibility index (Phi) is 6.82. The minimum atomic E-state index is -3.50. The number of nitrogens with zero attached hydrogens (tertiary/aromatic N) is 1. The molecule has 3 fully saturated rings. The van der Waals surface area contributed by atoms with Crippen LogP contribution in [0.1, 0.15) is 53.8 Å². The standard InChI is InChI=1S/C24H30ClN3O3S2/c25-19-5-3-17(4-6-19)24(29)26-15-21-7-8-23(32-21)33(30,31)28-11-9-20(10-12-28)27-22-14-16-1-2-18(22)13-16/h3-8,16,18,20,22,27H,1-2,9-15H2,(H,26,29)/t16-,18-,22-/m1/s1. The monoisotopic (exact) mass is 507 g/mol. The van der Waals surface area contributed by atoms with Crippen LogP contribution >= 0.6 is 22.9 Å². The van der Waals surface area contributed by atoms with E-state index >= 15 is 0 Å². The normalized spacial score (nSPS) is 26.0. The van der Waals surface area contributed by atoms with E-state index in [1.54, 1.807) is 40.7 Å². The molecule has 1 aromatic carbocycles. The molecule has 2 aromatic rings. The smallest absolute Gasteiger partial charge is 0.252 e. The molecule has 1 aliphatic heterocycles. The third-order valence-electron chi connectivity index (χ3n) is 7.40. The van der Waals surface area contributed by atoms with E-state index in [1.807, 2.05) is 0 Å². The molecule has 33 heavy (non-hydrogen) atoms. The van der Waals surface area contributed by atoms with Crippen molar-refractivity contribution in [3.8, 4) is 0 Å². The summed E-state index contributed by atoms with van der Waals surface area (Å²) in [6.45, 7) is 1.40. The second-order valence-corrected chi connectivity index (χ2v) is 13.3. The van der Waals surface area contributed by atoms with Crippen LogP contribution < -0.4 is 10.6 Å². The van der Waals surface area contributed by atoms with Gasteiger partial charge in [-0.05, 0) is 80.3 Å². The van der Waals surface area contributed by atoms with Gasteiger partial charge in [-0.1, -0.05) is 18.0 Å². The van der Waals surface area contributed by atoms with Gasteiger partial charge in [0.15, 0.2) is 0 Å². The third-order valence-corrected chi connectivity index (χ3v) is 11.1. The number of hydrogen-bond donors (Lipinski definition) is 2. The molecule has 0 unspecified atom stereocenters. The van der Waals surface area contributed by atoms with Crippen LogP contribution in [0.3, 0.4) is 0 Å². The zero-order valence-corrected chi connectivity index (χ0v) is 20.9. The highest BCUT2D eigenvalue weighted by Crippen LogP contribution is 2.44. The number of thiophene rings is 1. The van der Waals surface area contributed by atoms with Crippen molar-refractivity contribution in [1.29, 1.82) is 0 Å². The molecule has 178 valence electrons. The predicted octanol–water partition coefficient (Wildman–Crippen LogP) is 4.26. The topological polar surface area (TPSA) is 78.5 Å². The van der Waals surface area contributed by atoms with Crippen LogP contribution in [-0.2, 0) is 16.6 Å². The van der Waals surface area contributed by atoms with Gasteiger partial charge >= 0.3 is 0 Å². The van der Waals surface area contributed by atoms with Gasteiger partial charge in [0.05, 0.1) is 6.54 Å². The second-order valence-electron chi connectivity index (χ2n) is 9.54. The van der Waals surface area contributed by atoms with Gasteiger partial charge in [-0.2, -0.15) is 4.31 Å². The van der Waals surface area contributed by atoms with E-state index < -0.39 is 10.0 Å². The number of piperidine rings is 1. The van der Waals surface area contributed by atoms with E-state index in [0.717, 1.165) is 29.6 Å². The molecule has 0 radical (unpaired) electrons. The number of sulfonamides is 1. The van der Waals surface area contributed by atoms with E-state index in [0.29, 0.717) is 40.0 Å². The van der Waals surface area contributed by atoms with E-state index in [2.05, 4.69) is 10.6 Å². The zero-order valence-electron chi connectivity index (χ0n) is 18.5. The zero-order chi connectivity index (χ0) is 23.0. The average molecular weight is 508 g/mol. The molecule has 3 atom stereocenters. The van der Waals surface area contributed by atoms with Crippen LogP contribution in [0.2, 0.25) is 5.02 Å². The van der Waals surface area contributed by atoms with Crippen molar-refractivity contribution >= 4 is 38.9 Å². The summed E-state index contributed by atoms with van der Waals surface area (Å²) in [5, 5.41) is 7.26. The summed E-state index contributed by atoms with van der Waals surface area (Å²) in [7, 11) is -3.50. The first kappa shape index (κ1) is 23.3. The van der Waals surface area contributed by atoms with Gasteiger partial charge < -0.3 is 10.6 Å². The summed E-state index contributed by atoms with van der Waals surface area (Å²) < 4.78 is 28.3. The Balaban J connectivity index is 1.13. The van der Waals surface area contributed by atoms with Gasteiger partial charge in [0.25, 0.3) is 15.9 Å². The number of carbonyl (C=O) groups excluding carboxylic acids is 1. The van der Waals surface area contributed by atoms with E-state index in [-0.39, 0.29) is 12.5 Å². The van der Waals surface area contributed by atoms with Crippen LogP contribution in [0.25, 0.3) is 0 Å². The first-order valence-electron chi connectivity index (χ1n) is 11.8. The van der Waals surface area contributed by atoms with Crippen molar-refractivity contribution in [1.82, 2.24) is 14.9 Å². The Bertz CT molecular complexity index is 1090. The molecule has 9 heteroatoms. The molecule has 1 aromatic heterocycles. The number of carbonyl (C=O) groups is 1. The van der Waals surface area contributed by atoms with Crippen LogP contribution in [0.15, 0.2) is 40.6 Å². The summed E-state index contributed by atoms with van der Waals surface area (Å²) in [4.78, 5) is 13.1. The molecule has 2 N–H and O–H groups in total. The molecular weight excluding hydrogens is 478 g/mol. The molecule has 2 bridgehead atoms. The maximum atomic E-state index is 13.2. The maximum Gasteiger partial charge on any atom is 0.252 e. The molecule has 1 saturated heterocycles. The van der Waals surface area contributed by atoms with Crippen LogP contribution in [0.5, 0.6) is 0 Å². The lowest BCUT2D eigenvalue weighted by molar-refractivity contribution is 0.0951. The fraction of sp³-hybridized carbons (Fsp3) is 0.542. The van der Waals surface area contributed by atoms with E-state index in [1.165, 1.54) is 37.0 Å². The Labute approximate surface area is 204 Å². The van der Waals surface area contributed by atoms with Gasteiger partial charge in [0.2, 0.25) is 0 Å². The van der Waals surface area contributed by atoms with Crippen molar-refractivity contribution in [3.05, 3.63) is 51.9 Å². The summed E-state index contributed by atoms with van der Waals surface area (Å²) in [5.74, 6) is 1.54. The van der Waals surface area contributed by atoms with E-state index in [4.69, 9.17) is 11.6 Å². The minimum Gasteiger partial charge on any atom is -0.347 e. The van der Waals surface area contributed by atoms with Gasteiger partial charge in [-0.25, -0.2) is 8.42 Å². The number of rotatable bonds is 7. The third kappa shape index (κ3) is 5.15. The molecule has 3 aliphatic rings. The second kappa shape index (κ2) is 9.66. The van der Waals surface area contributed by atoms with Crippen molar-refractivity contribution < 1.29 is 13.2 Å². The first-order valence-corrected chi connectivity index (χ1v) is 14.4. The van der Waals surface area contributed by atoms with Gasteiger partial charge in [-0.15, -0.1) is 11.3 Å². The molecule has 6 nitrogen and oxygen atoms in total. The Hall–Kier alpha value is -1.45. The number of benzene rings is 1. The van der Waals surface area contributed by atoms with Crippen molar-refractivity contribution in [3.63, 3.8) is 0 Å². The molecule has 0 spiro atoms. The molecular formula is C24H30ClN3O3S2. The number of halogens is 1. The Morgan fingerprint density at radius 2 is 1.79 bits per heavy atom. The first-order chi connectivity index (χ1) is 15.9. The molecule has 2 heterocycles. The van der Waals surface area contributed by atoms with E-state index in [9.17, 15) is 13.2 Å². The predicted molar refractivity (Wildman–Crippen MR) is 131 cm³/mol. The fourth-order valence-electron chi connectivity index (χ4n) is 5.60. The summed E-state index contributed by atoms with van der Waals surface area (Å²) in [6, 6.07) is 11.2. The number of hydrogen-bond acceptors (Lipinski definition) is 5. The highest BCUT2D eigenvalue weighted by molar-refractivity contribution is 7.91. The van der Waals surface area contributed by atoms with Gasteiger partial charge in [0, 0.05) is 40.6 Å². The molecule has 2 aliphatic carbocycles. The van der Waals surface area contributed by atoms with Crippen molar-refractivity contribution in [2.24, 2.45) is 11.8 Å². The number of amides is 1. The maximum absolute atomic E-state index is 13.2. The average Bonchev–Trinajstić information content (AvgIpc) is 3.56.